The molecule has 0 N–H and O–H groups in total. The van der Waals surface area contributed by atoms with E-state index in [1.165, 1.54) is 35.1 Å². The van der Waals surface area contributed by atoms with Crippen LogP contribution in [-0.2, 0) is 11.3 Å². The van der Waals surface area contributed by atoms with Crippen molar-refractivity contribution >= 4 is 6.09 Å². The number of carbonyl (C=O) groups excluding carboxylic acids is 1. The number of hydrogen-bond acceptors (Lipinski definition) is 4. The van der Waals surface area contributed by atoms with Crippen LogP contribution in [0.1, 0.15) is 94.5 Å². The first-order valence-electron chi connectivity index (χ1n) is 15.1. The minimum atomic E-state index is -0.434. The molecule has 1 atom stereocenters. The van der Waals surface area contributed by atoms with Crippen molar-refractivity contribution in [2.24, 2.45) is 5.41 Å². The Kier molecular flexibility index (Phi) is 8.13. The highest BCUT2D eigenvalue weighted by Gasteiger charge is 2.50. The molecule has 0 aromatic heterocycles. The molecule has 0 bridgehead atoms. The number of ether oxygens (including phenoxy) is 1. The number of hydrogen-bond donors (Lipinski definition) is 0. The fourth-order valence-corrected chi connectivity index (χ4v) is 7.08. The van der Waals surface area contributed by atoms with Gasteiger partial charge in [0.1, 0.15) is 5.60 Å². The summed E-state index contributed by atoms with van der Waals surface area (Å²) in [5.74, 6) is 0.514. The van der Waals surface area contributed by atoms with Crippen LogP contribution in [0.2, 0.25) is 0 Å². The molecule has 1 amide bonds. The van der Waals surface area contributed by atoms with Gasteiger partial charge in [-0.25, -0.2) is 4.79 Å². The molecule has 2 aromatic rings. The van der Waals surface area contributed by atoms with Crippen molar-refractivity contribution in [3.8, 4) is 0 Å². The summed E-state index contributed by atoms with van der Waals surface area (Å²) in [6.45, 7) is 18.6. The van der Waals surface area contributed by atoms with Gasteiger partial charge in [-0.3, -0.25) is 9.80 Å². The van der Waals surface area contributed by atoms with Gasteiger partial charge in [-0.15, -0.1) is 0 Å². The molecule has 1 aliphatic carbocycles. The van der Waals surface area contributed by atoms with Gasteiger partial charge in [0.05, 0.1) is 0 Å². The van der Waals surface area contributed by atoms with Crippen LogP contribution in [0.25, 0.3) is 0 Å². The summed E-state index contributed by atoms with van der Waals surface area (Å²) in [5.41, 5.74) is 5.69. The van der Waals surface area contributed by atoms with Gasteiger partial charge in [-0.05, 0) is 81.4 Å². The number of piperazine rings is 1. The predicted molar refractivity (Wildman–Crippen MR) is 159 cm³/mol. The van der Waals surface area contributed by atoms with Gasteiger partial charge in [-0.1, -0.05) is 67.9 Å². The van der Waals surface area contributed by atoms with E-state index in [9.17, 15) is 4.79 Å². The molecule has 3 fully saturated rings. The quantitative estimate of drug-likeness (QED) is 0.410. The average molecular weight is 532 g/mol. The average Bonchev–Trinajstić information content (AvgIpc) is 2.88. The fourth-order valence-electron chi connectivity index (χ4n) is 7.08. The highest BCUT2D eigenvalue weighted by Crippen LogP contribution is 2.53. The molecule has 212 valence electrons. The maximum absolute atomic E-state index is 12.6. The predicted octanol–water partition coefficient (Wildman–Crippen LogP) is 7.16. The van der Waals surface area contributed by atoms with Crippen LogP contribution in [0, 0.1) is 12.3 Å². The van der Waals surface area contributed by atoms with Crippen molar-refractivity contribution < 1.29 is 9.53 Å². The second kappa shape index (κ2) is 11.2. The van der Waals surface area contributed by atoms with Gasteiger partial charge in [0, 0.05) is 51.4 Å². The highest BCUT2D eigenvalue weighted by atomic mass is 16.6. The zero-order chi connectivity index (χ0) is 27.8. The lowest BCUT2D eigenvalue weighted by molar-refractivity contribution is -0.0782. The Labute approximate surface area is 236 Å². The lowest BCUT2D eigenvalue weighted by atomic mass is 9.59. The maximum atomic E-state index is 12.6. The first kappa shape index (κ1) is 28.2. The summed E-state index contributed by atoms with van der Waals surface area (Å²) in [7, 11) is 0. The van der Waals surface area contributed by atoms with Gasteiger partial charge in [0.2, 0.25) is 0 Å². The van der Waals surface area contributed by atoms with Crippen molar-refractivity contribution in [1.82, 2.24) is 14.7 Å². The molecular weight excluding hydrogens is 482 g/mol. The first-order chi connectivity index (χ1) is 18.5. The van der Waals surface area contributed by atoms with E-state index >= 15 is 0 Å². The number of piperidine rings is 1. The molecular formula is C34H49N3O2. The Morgan fingerprint density at radius 3 is 2.28 bits per heavy atom. The van der Waals surface area contributed by atoms with E-state index in [0.717, 1.165) is 52.1 Å². The summed E-state index contributed by atoms with van der Waals surface area (Å²) in [6, 6.07) is 19.3. The Morgan fingerprint density at radius 1 is 0.974 bits per heavy atom. The number of amides is 1. The molecule has 2 heterocycles. The zero-order valence-electron chi connectivity index (χ0n) is 25.1. The molecule has 2 saturated heterocycles. The molecule has 39 heavy (non-hydrogen) atoms. The van der Waals surface area contributed by atoms with E-state index in [0.29, 0.717) is 23.4 Å². The van der Waals surface area contributed by atoms with Crippen LogP contribution in [0.5, 0.6) is 0 Å². The van der Waals surface area contributed by atoms with Crippen LogP contribution < -0.4 is 0 Å². The SMILES string of the molecule is Cc1ccc(CN2CCN(C3CC4(CCN(C(=O)OC(C)(C)C)CC4)C3)C(c3ccccc3C(C)C)C2)cc1. The van der Waals surface area contributed by atoms with Crippen molar-refractivity contribution in [2.75, 3.05) is 32.7 Å². The number of aryl methyl sites for hydroxylation is 1. The minimum absolute atomic E-state index is 0.150. The Balaban J connectivity index is 1.27. The monoisotopic (exact) mass is 531 g/mol. The summed E-state index contributed by atoms with van der Waals surface area (Å²) < 4.78 is 5.64. The Morgan fingerprint density at radius 2 is 1.64 bits per heavy atom. The van der Waals surface area contributed by atoms with Crippen LogP contribution in [-0.4, -0.2) is 65.2 Å². The van der Waals surface area contributed by atoms with E-state index in [4.69, 9.17) is 4.74 Å². The third-order valence-corrected chi connectivity index (χ3v) is 9.29. The molecule has 1 unspecified atom stereocenters. The highest BCUT2D eigenvalue weighted by molar-refractivity contribution is 5.68. The van der Waals surface area contributed by atoms with Gasteiger partial charge in [0.15, 0.2) is 0 Å². The zero-order valence-corrected chi connectivity index (χ0v) is 25.1. The van der Waals surface area contributed by atoms with Crippen LogP contribution >= 0.6 is 0 Å². The molecule has 1 saturated carbocycles. The van der Waals surface area contributed by atoms with Crippen molar-refractivity contribution in [1.29, 1.82) is 0 Å². The molecule has 5 rings (SSSR count). The molecule has 1 spiro atoms. The molecule has 2 aliphatic heterocycles. The Bertz CT molecular complexity index is 1120. The maximum Gasteiger partial charge on any atom is 0.410 e. The standard InChI is InChI=1S/C34H49N3O2/c1-25(2)29-9-7-8-10-30(29)31-24-35(23-27-13-11-26(3)12-14-27)19-20-37(31)28-21-34(22-28)15-17-36(18-16-34)32(38)39-33(4,5)6/h7-14,25,28,31H,15-24H2,1-6H3. The molecule has 3 aliphatic rings. The normalized spacial score (nSPS) is 22.7. The number of benzene rings is 2. The first-order valence-corrected chi connectivity index (χ1v) is 15.1. The van der Waals surface area contributed by atoms with Crippen LogP contribution in [0.4, 0.5) is 4.79 Å². The molecule has 0 radical (unpaired) electrons. The fraction of sp³-hybridized carbons (Fsp3) is 0.618. The molecule has 5 heteroatoms. The van der Waals surface area contributed by atoms with E-state index in [2.05, 4.69) is 79.1 Å². The second-order valence-corrected chi connectivity index (χ2v) is 13.8. The Hall–Kier alpha value is -2.37. The van der Waals surface area contributed by atoms with Crippen molar-refractivity contribution in [3.05, 3.63) is 70.8 Å². The number of nitrogens with zero attached hydrogens (tertiary/aromatic N) is 3. The summed E-state index contributed by atoms with van der Waals surface area (Å²) >= 11 is 0. The largest absolute Gasteiger partial charge is 0.444 e. The lowest BCUT2D eigenvalue weighted by Gasteiger charge is -2.58. The van der Waals surface area contributed by atoms with Crippen LogP contribution in [0.15, 0.2) is 48.5 Å². The number of carbonyl (C=O) groups is 1. The number of likely N-dealkylation sites (tertiary alicyclic amines) is 1. The molecule has 5 nitrogen and oxygen atoms in total. The van der Waals surface area contributed by atoms with E-state index < -0.39 is 5.60 Å². The number of rotatable bonds is 5. The summed E-state index contributed by atoms with van der Waals surface area (Å²) in [5, 5.41) is 0. The minimum Gasteiger partial charge on any atom is -0.444 e. The van der Waals surface area contributed by atoms with Crippen molar-refractivity contribution in [3.63, 3.8) is 0 Å². The van der Waals surface area contributed by atoms with E-state index in [-0.39, 0.29) is 6.09 Å². The third-order valence-electron chi connectivity index (χ3n) is 9.29. The second-order valence-electron chi connectivity index (χ2n) is 13.8. The lowest BCUT2D eigenvalue weighted by Crippen LogP contribution is -2.60. The topological polar surface area (TPSA) is 36.0 Å². The summed E-state index contributed by atoms with van der Waals surface area (Å²) in [4.78, 5) is 20.0. The van der Waals surface area contributed by atoms with Gasteiger partial charge >= 0.3 is 6.09 Å². The van der Waals surface area contributed by atoms with Gasteiger partial charge < -0.3 is 9.64 Å². The van der Waals surface area contributed by atoms with Crippen molar-refractivity contribution in [2.45, 2.75) is 97.4 Å². The van der Waals surface area contributed by atoms with Crippen LogP contribution in [0.3, 0.4) is 0 Å². The third kappa shape index (κ3) is 6.52. The van der Waals surface area contributed by atoms with E-state index in [1.54, 1.807) is 0 Å². The molecule has 2 aromatic carbocycles. The van der Waals surface area contributed by atoms with Gasteiger partial charge in [0.25, 0.3) is 0 Å². The summed E-state index contributed by atoms with van der Waals surface area (Å²) in [6.07, 6.45) is 4.57. The van der Waals surface area contributed by atoms with E-state index in [1.807, 2.05) is 25.7 Å². The smallest absolute Gasteiger partial charge is 0.410 e. The van der Waals surface area contributed by atoms with Gasteiger partial charge in [-0.2, -0.15) is 0 Å².